The van der Waals surface area contributed by atoms with Crippen LogP contribution in [0, 0.1) is 0 Å². The summed E-state index contributed by atoms with van der Waals surface area (Å²) < 4.78 is 1.07. The second-order valence-electron chi connectivity index (χ2n) is 6.60. The van der Waals surface area contributed by atoms with Gasteiger partial charge in [-0.2, -0.15) is 15.0 Å². The fraction of sp³-hybridized carbons (Fsp3) is 0.200. The Kier molecular flexibility index (Phi) is 5.03. The Morgan fingerprint density at radius 1 is 1.04 bits per heavy atom. The summed E-state index contributed by atoms with van der Waals surface area (Å²) in [5, 5.41) is 13.3. The van der Waals surface area contributed by atoms with Crippen molar-refractivity contribution in [2.75, 3.05) is 10.2 Å². The van der Waals surface area contributed by atoms with Crippen molar-refractivity contribution >= 4 is 39.1 Å². The first-order chi connectivity index (χ1) is 13.6. The highest BCUT2D eigenvalue weighted by Gasteiger charge is 2.17. The van der Waals surface area contributed by atoms with Gasteiger partial charge in [-0.25, -0.2) is 4.98 Å². The van der Waals surface area contributed by atoms with Crippen LogP contribution < -0.4 is 10.2 Å². The summed E-state index contributed by atoms with van der Waals surface area (Å²) in [6.07, 6.45) is 0. The molecule has 0 aliphatic heterocycles. The van der Waals surface area contributed by atoms with Gasteiger partial charge in [0.2, 0.25) is 11.9 Å². The van der Waals surface area contributed by atoms with Crippen molar-refractivity contribution in [1.82, 2.24) is 19.9 Å². The molecule has 2 aromatic carbocycles. The number of aromatic nitrogens is 4. The molecular formula is C20H20N6OS. The van der Waals surface area contributed by atoms with Crippen LogP contribution in [0.15, 0.2) is 54.0 Å². The van der Waals surface area contributed by atoms with Crippen LogP contribution in [-0.2, 0) is 6.54 Å². The van der Waals surface area contributed by atoms with Crippen molar-refractivity contribution in [3.05, 3.63) is 59.6 Å². The van der Waals surface area contributed by atoms with Gasteiger partial charge in [-0.05, 0) is 31.5 Å². The number of nitrogens with zero attached hydrogens (tertiary/aromatic N) is 5. The quantitative estimate of drug-likeness (QED) is 0.504. The Hall–Kier alpha value is -3.26. The minimum absolute atomic E-state index is 0.136. The topological polar surface area (TPSA) is 87.1 Å². The molecule has 0 atom stereocenters. The van der Waals surface area contributed by atoms with E-state index in [0.29, 0.717) is 12.5 Å². The predicted octanol–water partition coefficient (Wildman–Crippen LogP) is 4.35. The van der Waals surface area contributed by atoms with Gasteiger partial charge in [0.15, 0.2) is 0 Å². The predicted molar refractivity (Wildman–Crippen MR) is 112 cm³/mol. The minimum atomic E-state index is -0.323. The van der Waals surface area contributed by atoms with E-state index in [-0.39, 0.29) is 18.0 Å². The van der Waals surface area contributed by atoms with Gasteiger partial charge in [0.25, 0.3) is 0 Å². The zero-order valence-electron chi connectivity index (χ0n) is 15.6. The second-order valence-corrected chi connectivity index (χ2v) is 7.48. The summed E-state index contributed by atoms with van der Waals surface area (Å²) in [6, 6.07) is 15.8. The minimum Gasteiger partial charge on any atom is -0.479 e. The molecule has 0 unspecified atom stereocenters. The molecule has 4 aromatic rings. The first-order valence-electron chi connectivity index (χ1n) is 8.95. The Bertz CT molecular complexity index is 1080. The Balaban J connectivity index is 1.66. The first-order valence-corrected chi connectivity index (χ1v) is 9.83. The number of hydrogen-bond acceptors (Lipinski definition) is 8. The standard InChI is InChI=1S/C20H20N6OS/c1-13(2)26(11-14-7-4-3-5-8-14)19-23-18(24-20(27)25-19)22-15-9-6-10-16-17(15)21-12-28-16/h3-10,12-13H,11H2,1-2H3,(H2,22,23,24,25,27). The van der Waals surface area contributed by atoms with E-state index in [0.717, 1.165) is 21.5 Å². The van der Waals surface area contributed by atoms with Gasteiger partial charge in [-0.1, -0.05) is 36.4 Å². The molecule has 142 valence electrons. The Morgan fingerprint density at radius 3 is 2.64 bits per heavy atom. The average molecular weight is 392 g/mol. The van der Waals surface area contributed by atoms with E-state index in [1.165, 1.54) is 0 Å². The van der Waals surface area contributed by atoms with Crippen LogP contribution in [0.3, 0.4) is 0 Å². The van der Waals surface area contributed by atoms with Gasteiger partial charge in [-0.3, -0.25) is 0 Å². The van der Waals surface area contributed by atoms with Gasteiger partial charge in [0.05, 0.1) is 15.9 Å². The van der Waals surface area contributed by atoms with Crippen LogP contribution in [0.2, 0.25) is 0 Å². The van der Waals surface area contributed by atoms with E-state index in [2.05, 4.69) is 51.2 Å². The molecule has 0 bridgehead atoms. The molecule has 4 rings (SSSR count). The Labute approximate surface area is 166 Å². The maximum Gasteiger partial charge on any atom is 0.320 e. The number of anilines is 3. The summed E-state index contributed by atoms with van der Waals surface area (Å²) in [5.74, 6) is 0.695. The average Bonchev–Trinajstić information content (AvgIpc) is 3.16. The molecule has 7 nitrogen and oxygen atoms in total. The maximum atomic E-state index is 10.1. The monoisotopic (exact) mass is 392 g/mol. The number of thiazole rings is 1. The van der Waals surface area contributed by atoms with Crippen LogP contribution in [0.1, 0.15) is 19.4 Å². The van der Waals surface area contributed by atoms with E-state index in [9.17, 15) is 5.11 Å². The number of aromatic hydroxyl groups is 1. The lowest BCUT2D eigenvalue weighted by atomic mass is 10.2. The smallest absolute Gasteiger partial charge is 0.320 e. The van der Waals surface area contributed by atoms with E-state index in [1.54, 1.807) is 16.8 Å². The van der Waals surface area contributed by atoms with Crippen molar-refractivity contribution in [2.24, 2.45) is 0 Å². The zero-order chi connectivity index (χ0) is 19.5. The van der Waals surface area contributed by atoms with Gasteiger partial charge in [0.1, 0.15) is 5.52 Å². The number of hydrogen-bond donors (Lipinski definition) is 2. The fourth-order valence-corrected chi connectivity index (χ4v) is 3.61. The van der Waals surface area contributed by atoms with E-state index in [4.69, 9.17) is 0 Å². The van der Waals surface area contributed by atoms with Crippen molar-refractivity contribution < 1.29 is 5.11 Å². The molecule has 2 aromatic heterocycles. The molecule has 0 spiro atoms. The molecule has 0 amide bonds. The number of rotatable bonds is 6. The molecule has 0 fully saturated rings. The summed E-state index contributed by atoms with van der Waals surface area (Å²) in [7, 11) is 0. The Morgan fingerprint density at radius 2 is 1.86 bits per heavy atom. The normalized spacial score (nSPS) is 11.1. The van der Waals surface area contributed by atoms with Crippen LogP contribution in [0.25, 0.3) is 10.2 Å². The van der Waals surface area contributed by atoms with Crippen molar-refractivity contribution in [3.63, 3.8) is 0 Å². The molecule has 0 aliphatic carbocycles. The number of para-hydroxylation sites is 1. The summed E-state index contributed by atoms with van der Waals surface area (Å²) in [6.45, 7) is 4.75. The highest BCUT2D eigenvalue weighted by atomic mass is 32.1. The highest BCUT2D eigenvalue weighted by Crippen LogP contribution is 2.28. The fourth-order valence-electron chi connectivity index (χ4n) is 2.91. The largest absolute Gasteiger partial charge is 0.479 e. The van der Waals surface area contributed by atoms with Crippen molar-refractivity contribution in [2.45, 2.75) is 26.4 Å². The van der Waals surface area contributed by atoms with Gasteiger partial charge < -0.3 is 15.3 Å². The third kappa shape index (κ3) is 3.86. The maximum absolute atomic E-state index is 10.1. The number of nitrogens with one attached hydrogen (secondary N) is 1. The third-order valence-corrected chi connectivity index (χ3v) is 5.09. The van der Waals surface area contributed by atoms with Crippen LogP contribution >= 0.6 is 11.3 Å². The molecule has 0 radical (unpaired) electrons. The molecule has 28 heavy (non-hydrogen) atoms. The van der Waals surface area contributed by atoms with Crippen LogP contribution in [0.5, 0.6) is 6.01 Å². The summed E-state index contributed by atoms with van der Waals surface area (Å²) in [4.78, 5) is 19.1. The lowest BCUT2D eigenvalue weighted by molar-refractivity contribution is 0.427. The van der Waals surface area contributed by atoms with Crippen LogP contribution in [-0.4, -0.2) is 31.1 Å². The summed E-state index contributed by atoms with van der Waals surface area (Å²) >= 11 is 1.57. The number of fused-ring (bicyclic) bond motifs is 1. The van der Waals surface area contributed by atoms with E-state index >= 15 is 0 Å². The molecule has 8 heteroatoms. The molecular weight excluding hydrogens is 372 g/mol. The van der Waals surface area contributed by atoms with Crippen LogP contribution in [0.4, 0.5) is 17.6 Å². The molecule has 0 aliphatic rings. The van der Waals surface area contributed by atoms with Crippen molar-refractivity contribution in [1.29, 1.82) is 0 Å². The lowest BCUT2D eigenvalue weighted by Crippen LogP contribution is -2.32. The van der Waals surface area contributed by atoms with Gasteiger partial charge in [0, 0.05) is 12.6 Å². The van der Waals surface area contributed by atoms with E-state index < -0.39 is 0 Å². The molecule has 2 N–H and O–H groups in total. The zero-order valence-corrected chi connectivity index (χ0v) is 16.4. The van der Waals surface area contributed by atoms with Crippen molar-refractivity contribution in [3.8, 4) is 6.01 Å². The first kappa shape index (κ1) is 18.1. The molecule has 2 heterocycles. The lowest BCUT2D eigenvalue weighted by Gasteiger charge is -2.27. The molecule has 0 saturated carbocycles. The summed E-state index contributed by atoms with van der Waals surface area (Å²) in [5.41, 5.74) is 4.57. The highest BCUT2D eigenvalue weighted by molar-refractivity contribution is 7.16. The third-order valence-electron chi connectivity index (χ3n) is 4.29. The van der Waals surface area contributed by atoms with E-state index in [1.807, 2.05) is 41.3 Å². The van der Waals surface area contributed by atoms with Gasteiger partial charge in [-0.15, -0.1) is 11.3 Å². The number of benzene rings is 2. The van der Waals surface area contributed by atoms with Gasteiger partial charge >= 0.3 is 6.01 Å². The molecule has 0 saturated heterocycles. The second kappa shape index (κ2) is 7.77. The SMILES string of the molecule is CC(C)N(Cc1ccccc1)c1nc(O)nc(Nc2cccc3scnc23)n1.